The van der Waals surface area contributed by atoms with Crippen LogP contribution in [0.4, 0.5) is 10.1 Å². The fraction of sp³-hybridized carbons (Fsp3) is 0.579. The second-order valence-corrected chi connectivity index (χ2v) is 7.49. The number of fused-ring (bicyclic) bond motifs is 2. The van der Waals surface area contributed by atoms with Gasteiger partial charge in [-0.3, -0.25) is 9.59 Å². The number of hydrogen-bond acceptors (Lipinski definition) is 3. The van der Waals surface area contributed by atoms with Crippen LogP contribution in [0.15, 0.2) is 24.3 Å². The smallest absolute Gasteiger partial charge is 0.307 e. The highest BCUT2D eigenvalue weighted by Crippen LogP contribution is 2.53. The molecular weight excluding hydrogens is 323 g/mol. The Morgan fingerprint density at radius 3 is 2.28 bits per heavy atom. The van der Waals surface area contributed by atoms with E-state index in [4.69, 9.17) is 0 Å². The Morgan fingerprint density at radius 1 is 1.00 bits per heavy atom. The summed E-state index contributed by atoms with van der Waals surface area (Å²) in [5.41, 5.74) is 0.568. The molecule has 4 atom stereocenters. The maximum absolute atomic E-state index is 13.9. The average Bonchev–Trinajstić information content (AvgIpc) is 3.23. The number of halogens is 1. The molecule has 5 nitrogen and oxygen atoms in total. The maximum Gasteiger partial charge on any atom is 0.307 e. The summed E-state index contributed by atoms with van der Waals surface area (Å²) in [5, 5.41) is 9.55. The minimum absolute atomic E-state index is 0.00668. The van der Waals surface area contributed by atoms with E-state index in [1.807, 2.05) is 11.0 Å². The highest BCUT2D eigenvalue weighted by molar-refractivity contribution is 5.86. The molecule has 25 heavy (non-hydrogen) atoms. The molecule has 134 valence electrons. The number of para-hydroxylation sites is 1. The zero-order valence-electron chi connectivity index (χ0n) is 14.1. The Kier molecular flexibility index (Phi) is 4.13. The fourth-order valence-electron chi connectivity index (χ4n) is 5.09. The van der Waals surface area contributed by atoms with Crippen molar-refractivity contribution in [1.29, 1.82) is 0 Å². The Morgan fingerprint density at radius 2 is 1.64 bits per heavy atom. The van der Waals surface area contributed by atoms with Gasteiger partial charge >= 0.3 is 5.97 Å². The fourth-order valence-corrected chi connectivity index (χ4v) is 5.09. The van der Waals surface area contributed by atoms with Crippen molar-refractivity contribution in [2.75, 3.05) is 31.1 Å². The van der Waals surface area contributed by atoms with Crippen molar-refractivity contribution < 1.29 is 19.1 Å². The van der Waals surface area contributed by atoms with E-state index in [1.54, 1.807) is 17.0 Å². The zero-order valence-corrected chi connectivity index (χ0v) is 14.1. The molecule has 1 heterocycles. The standard InChI is InChI=1S/C19H23FN2O3/c20-14-3-1-2-4-15(14)21-7-9-22(10-8-21)18(23)16-12-5-6-13(11-12)17(16)19(24)25/h1-4,12-13,16-17H,5-11H2,(H,24,25)/t12-,13+,16+,17+/m1/s1. The van der Waals surface area contributed by atoms with E-state index >= 15 is 0 Å². The Bertz CT molecular complexity index is 687. The van der Waals surface area contributed by atoms with E-state index in [1.165, 1.54) is 6.07 Å². The lowest BCUT2D eigenvalue weighted by Crippen LogP contribution is -2.52. The van der Waals surface area contributed by atoms with Crippen LogP contribution in [0.1, 0.15) is 19.3 Å². The second-order valence-electron chi connectivity index (χ2n) is 7.49. The quantitative estimate of drug-likeness (QED) is 0.912. The van der Waals surface area contributed by atoms with E-state index in [9.17, 15) is 19.1 Å². The third kappa shape index (κ3) is 2.77. The van der Waals surface area contributed by atoms with Crippen molar-refractivity contribution in [3.8, 4) is 0 Å². The molecule has 1 saturated heterocycles. The van der Waals surface area contributed by atoms with Gasteiger partial charge in [0.15, 0.2) is 0 Å². The number of hydrogen-bond donors (Lipinski definition) is 1. The van der Waals surface area contributed by atoms with Gasteiger partial charge < -0.3 is 14.9 Å². The second kappa shape index (κ2) is 6.32. The SMILES string of the molecule is O=C(O)[C@H]1[C@H]2CC[C@H](C2)[C@@H]1C(=O)N1CCN(c2ccccc2F)CC1. The van der Waals surface area contributed by atoms with Crippen LogP contribution in [0.5, 0.6) is 0 Å². The highest BCUT2D eigenvalue weighted by Gasteiger charge is 2.54. The van der Waals surface area contributed by atoms with E-state index < -0.39 is 11.9 Å². The molecule has 1 amide bonds. The number of nitrogens with zero attached hydrogens (tertiary/aromatic N) is 2. The summed E-state index contributed by atoms with van der Waals surface area (Å²) >= 11 is 0. The lowest BCUT2D eigenvalue weighted by molar-refractivity contribution is -0.153. The first-order chi connectivity index (χ1) is 12.1. The van der Waals surface area contributed by atoms with Crippen molar-refractivity contribution in [3.05, 3.63) is 30.1 Å². The molecule has 0 radical (unpaired) electrons. The number of anilines is 1. The van der Waals surface area contributed by atoms with Crippen LogP contribution < -0.4 is 4.90 Å². The maximum atomic E-state index is 13.9. The molecular formula is C19H23FN2O3. The number of benzene rings is 1. The van der Waals surface area contributed by atoms with Gasteiger partial charge in [0, 0.05) is 26.2 Å². The number of aliphatic carboxylic acids is 1. The number of piperazine rings is 1. The third-order valence-electron chi connectivity index (χ3n) is 6.27. The van der Waals surface area contributed by atoms with E-state index in [-0.39, 0.29) is 29.5 Å². The van der Waals surface area contributed by atoms with Gasteiger partial charge in [0.25, 0.3) is 0 Å². The average molecular weight is 346 g/mol. The van der Waals surface area contributed by atoms with Crippen molar-refractivity contribution in [2.45, 2.75) is 19.3 Å². The number of carbonyl (C=O) groups is 2. The van der Waals surface area contributed by atoms with Crippen molar-refractivity contribution in [1.82, 2.24) is 4.90 Å². The minimum Gasteiger partial charge on any atom is -0.481 e. The van der Waals surface area contributed by atoms with Gasteiger partial charge in [-0.1, -0.05) is 12.1 Å². The van der Waals surface area contributed by atoms with Gasteiger partial charge in [-0.15, -0.1) is 0 Å². The van der Waals surface area contributed by atoms with E-state index in [0.717, 1.165) is 19.3 Å². The topological polar surface area (TPSA) is 60.9 Å². The molecule has 1 aromatic rings. The van der Waals surface area contributed by atoms with Crippen molar-refractivity contribution >= 4 is 17.6 Å². The molecule has 1 aliphatic heterocycles. The molecule has 0 aromatic heterocycles. The molecule has 1 aromatic carbocycles. The van der Waals surface area contributed by atoms with Crippen LogP contribution in [0.25, 0.3) is 0 Å². The number of amides is 1. The summed E-state index contributed by atoms with van der Waals surface area (Å²) in [6, 6.07) is 6.67. The van der Waals surface area contributed by atoms with Crippen LogP contribution in [-0.4, -0.2) is 48.1 Å². The van der Waals surface area contributed by atoms with Gasteiger partial charge in [-0.05, 0) is 43.2 Å². The molecule has 6 heteroatoms. The summed E-state index contributed by atoms with van der Waals surface area (Å²) < 4.78 is 13.9. The van der Waals surface area contributed by atoms with Crippen LogP contribution in [-0.2, 0) is 9.59 Å². The molecule has 2 bridgehead atoms. The molecule has 0 unspecified atom stereocenters. The summed E-state index contributed by atoms with van der Waals surface area (Å²) in [4.78, 5) is 28.4. The number of carbonyl (C=O) groups excluding carboxylic acids is 1. The zero-order chi connectivity index (χ0) is 17.6. The summed E-state index contributed by atoms with van der Waals surface area (Å²) in [7, 11) is 0. The monoisotopic (exact) mass is 346 g/mol. The Balaban J connectivity index is 1.43. The summed E-state index contributed by atoms with van der Waals surface area (Å²) in [6.07, 6.45) is 2.79. The summed E-state index contributed by atoms with van der Waals surface area (Å²) in [6.45, 7) is 2.19. The van der Waals surface area contributed by atoms with Gasteiger partial charge in [-0.2, -0.15) is 0 Å². The predicted molar refractivity (Wildman–Crippen MR) is 90.6 cm³/mol. The van der Waals surface area contributed by atoms with Crippen LogP contribution >= 0.6 is 0 Å². The van der Waals surface area contributed by atoms with E-state index in [0.29, 0.717) is 31.9 Å². The van der Waals surface area contributed by atoms with Gasteiger partial charge in [0.05, 0.1) is 17.5 Å². The lowest BCUT2D eigenvalue weighted by atomic mass is 9.78. The third-order valence-corrected chi connectivity index (χ3v) is 6.27. The molecule has 0 spiro atoms. The number of carboxylic acid groups (broad SMARTS) is 1. The molecule has 3 fully saturated rings. The van der Waals surface area contributed by atoms with Gasteiger partial charge in [0.2, 0.25) is 5.91 Å². The molecule has 3 aliphatic rings. The first kappa shape index (κ1) is 16.4. The Labute approximate surface area is 146 Å². The molecule has 2 aliphatic carbocycles. The predicted octanol–water partition coefficient (Wildman–Crippen LogP) is 2.22. The first-order valence-electron chi connectivity index (χ1n) is 9.07. The van der Waals surface area contributed by atoms with E-state index in [2.05, 4.69) is 0 Å². The minimum atomic E-state index is -0.824. The van der Waals surface area contributed by atoms with Gasteiger partial charge in [-0.25, -0.2) is 4.39 Å². The van der Waals surface area contributed by atoms with Crippen LogP contribution in [0.2, 0.25) is 0 Å². The largest absolute Gasteiger partial charge is 0.481 e. The molecule has 4 rings (SSSR count). The molecule has 1 N–H and O–H groups in total. The van der Waals surface area contributed by atoms with Crippen LogP contribution in [0.3, 0.4) is 0 Å². The lowest BCUT2D eigenvalue weighted by Gasteiger charge is -2.39. The highest BCUT2D eigenvalue weighted by atomic mass is 19.1. The van der Waals surface area contributed by atoms with Crippen LogP contribution in [0, 0.1) is 29.5 Å². The number of carboxylic acids is 1. The van der Waals surface area contributed by atoms with Crippen molar-refractivity contribution in [2.24, 2.45) is 23.7 Å². The van der Waals surface area contributed by atoms with Crippen molar-refractivity contribution in [3.63, 3.8) is 0 Å². The Hall–Kier alpha value is -2.11. The normalized spacial score (nSPS) is 31.4. The number of rotatable bonds is 3. The van der Waals surface area contributed by atoms with Gasteiger partial charge in [0.1, 0.15) is 5.82 Å². The first-order valence-corrected chi connectivity index (χ1v) is 9.07. The molecule has 2 saturated carbocycles. The summed E-state index contributed by atoms with van der Waals surface area (Å²) in [5.74, 6) is -1.57.